The highest BCUT2D eigenvalue weighted by Crippen LogP contribution is 2.33. The zero-order chi connectivity index (χ0) is 16.3. The van der Waals surface area contributed by atoms with Crippen LogP contribution < -0.4 is 10.5 Å². The van der Waals surface area contributed by atoms with Crippen LogP contribution in [0.15, 0.2) is 18.2 Å². The van der Waals surface area contributed by atoms with Gasteiger partial charge in [-0.2, -0.15) is 13.2 Å². The van der Waals surface area contributed by atoms with Crippen molar-refractivity contribution in [3.8, 4) is 5.75 Å². The summed E-state index contributed by atoms with van der Waals surface area (Å²) in [6.07, 6.45) is -4.13. The Morgan fingerprint density at radius 2 is 1.91 bits per heavy atom. The fourth-order valence-corrected chi connectivity index (χ4v) is 2.33. The summed E-state index contributed by atoms with van der Waals surface area (Å²) in [7, 11) is 0. The molecule has 0 amide bonds. The number of carbonyl (C=O) groups excluding carboxylic acids is 1. The second kappa shape index (κ2) is 7.94. The number of halogens is 5. The molecule has 130 valence electrons. The molecule has 1 unspecified atom stereocenters. The fourth-order valence-electron chi connectivity index (χ4n) is 2.33. The van der Waals surface area contributed by atoms with Gasteiger partial charge in [0.1, 0.15) is 12.3 Å². The summed E-state index contributed by atoms with van der Waals surface area (Å²) in [5.41, 5.74) is 4.62. The number of alkyl halides is 3. The third kappa shape index (κ3) is 5.05. The van der Waals surface area contributed by atoms with Gasteiger partial charge in [-0.3, -0.25) is 4.90 Å². The van der Waals surface area contributed by atoms with Crippen LogP contribution in [0.3, 0.4) is 0 Å². The number of nitrogens with zero attached hydrogens (tertiary/aromatic N) is 1. The Morgan fingerprint density at radius 1 is 1.30 bits per heavy atom. The van der Waals surface area contributed by atoms with Crippen LogP contribution >= 0.6 is 12.4 Å². The van der Waals surface area contributed by atoms with E-state index in [1.807, 2.05) is 0 Å². The van der Waals surface area contributed by atoms with Gasteiger partial charge in [0, 0.05) is 13.1 Å². The van der Waals surface area contributed by atoms with Crippen molar-refractivity contribution in [1.29, 1.82) is 0 Å². The predicted molar refractivity (Wildman–Crippen MR) is 77.9 cm³/mol. The van der Waals surface area contributed by atoms with Crippen molar-refractivity contribution < 1.29 is 27.1 Å². The van der Waals surface area contributed by atoms with Gasteiger partial charge in [0.2, 0.25) is 0 Å². The molecule has 1 fully saturated rings. The number of nitrogens with two attached hydrogens (primary N) is 1. The zero-order valence-corrected chi connectivity index (χ0v) is 12.9. The van der Waals surface area contributed by atoms with Crippen LogP contribution in [-0.4, -0.2) is 36.5 Å². The molecule has 2 rings (SSSR count). The number of carbonyl (C=O) groups is 1. The number of piperidine rings is 1. The molecule has 0 aliphatic carbocycles. The van der Waals surface area contributed by atoms with Crippen LogP contribution in [0.5, 0.6) is 5.75 Å². The maximum absolute atomic E-state index is 13.6. The first-order valence-electron chi connectivity index (χ1n) is 6.79. The SMILES string of the molecule is Cl.NC(C=O)N1CCC(Oc2cc(C(F)(F)F)ccc2F)CC1. The number of rotatable bonds is 4. The quantitative estimate of drug-likeness (QED) is 0.665. The van der Waals surface area contributed by atoms with Crippen molar-refractivity contribution in [2.75, 3.05) is 13.1 Å². The number of hydrogen-bond acceptors (Lipinski definition) is 4. The van der Waals surface area contributed by atoms with E-state index in [-0.39, 0.29) is 12.4 Å². The summed E-state index contributed by atoms with van der Waals surface area (Å²) in [6, 6.07) is 2.09. The van der Waals surface area contributed by atoms with Gasteiger partial charge in [0.15, 0.2) is 17.9 Å². The summed E-state index contributed by atoms with van der Waals surface area (Å²) in [6.45, 7) is 0.927. The number of benzene rings is 1. The van der Waals surface area contributed by atoms with Crippen molar-refractivity contribution in [3.63, 3.8) is 0 Å². The number of likely N-dealkylation sites (tertiary alicyclic amines) is 1. The molecule has 0 saturated carbocycles. The molecule has 0 bridgehead atoms. The summed E-state index contributed by atoms with van der Waals surface area (Å²) < 4.78 is 56.8. The zero-order valence-electron chi connectivity index (χ0n) is 12.1. The predicted octanol–water partition coefficient (Wildman–Crippen LogP) is 2.59. The van der Waals surface area contributed by atoms with Gasteiger partial charge in [-0.05, 0) is 31.0 Å². The highest BCUT2D eigenvalue weighted by atomic mass is 35.5. The van der Waals surface area contributed by atoms with E-state index in [0.717, 1.165) is 6.07 Å². The smallest absolute Gasteiger partial charge is 0.416 e. The first-order valence-corrected chi connectivity index (χ1v) is 6.79. The summed E-state index contributed by atoms with van der Waals surface area (Å²) in [5, 5.41) is 0. The molecule has 1 atom stereocenters. The molecule has 1 saturated heterocycles. The number of ether oxygens (including phenoxy) is 1. The van der Waals surface area contributed by atoms with Crippen molar-refractivity contribution in [1.82, 2.24) is 4.90 Å². The Kier molecular flexibility index (Phi) is 6.79. The second-order valence-electron chi connectivity index (χ2n) is 5.12. The van der Waals surface area contributed by atoms with E-state index in [1.54, 1.807) is 4.90 Å². The van der Waals surface area contributed by atoms with Crippen LogP contribution in [0.25, 0.3) is 0 Å². The Morgan fingerprint density at radius 3 is 2.43 bits per heavy atom. The number of hydrogen-bond donors (Lipinski definition) is 1. The molecule has 1 aliphatic heterocycles. The standard InChI is InChI=1S/C14H16F4N2O2.ClH/c15-11-2-1-9(14(16,17)18)7-12(11)22-10-3-5-20(6-4-10)13(19)8-21;/h1-2,7-8,10,13H,3-6,19H2;1H. The van der Waals surface area contributed by atoms with Gasteiger partial charge in [-0.1, -0.05) is 0 Å². The van der Waals surface area contributed by atoms with Crippen LogP contribution in [-0.2, 0) is 11.0 Å². The molecule has 0 radical (unpaired) electrons. The second-order valence-corrected chi connectivity index (χ2v) is 5.12. The van der Waals surface area contributed by atoms with Gasteiger partial charge < -0.3 is 15.3 Å². The van der Waals surface area contributed by atoms with E-state index in [2.05, 4.69) is 0 Å². The highest BCUT2D eigenvalue weighted by molar-refractivity contribution is 5.85. The lowest BCUT2D eigenvalue weighted by molar-refractivity contribution is -0.137. The number of aldehydes is 1. The topological polar surface area (TPSA) is 55.6 Å². The molecule has 0 spiro atoms. The Labute approximate surface area is 137 Å². The Bertz CT molecular complexity index is 534. The molecule has 1 aromatic carbocycles. The van der Waals surface area contributed by atoms with E-state index in [9.17, 15) is 22.4 Å². The third-order valence-corrected chi connectivity index (χ3v) is 3.59. The molecule has 4 nitrogen and oxygen atoms in total. The Balaban J connectivity index is 0.00000264. The lowest BCUT2D eigenvalue weighted by Crippen LogP contribution is -2.49. The maximum atomic E-state index is 13.6. The van der Waals surface area contributed by atoms with E-state index in [1.165, 1.54) is 0 Å². The van der Waals surface area contributed by atoms with Crippen LogP contribution in [0.2, 0.25) is 0 Å². The molecule has 1 heterocycles. The first kappa shape index (κ1) is 19.7. The molecule has 9 heteroatoms. The van der Waals surface area contributed by atoms with Crippen molar-refractivity contribution in [3.05, 3.63) is 29.6 Å². The average molecular weight is 357 g/mol. The van der Waals surface area contributed by atoms with Crippen molar-refractivity contribution in [2.45, 2.75) is 31.3 Å². The molecule has 23 heavy (non-hydrogen) atoms. The third-order valence-electron chi connectivity index (χ3n) is 3.59. The van der Waals surface area contributed by atoms with Gasteiger partial charge >= 0.3 is 6.18 Å². The first-order chi connectivity index (χ1) is 10.3. The average Bonchev–Trinajstić information content (AvgIpc) is 2.48. The van der Waals surface area contributed by atoms with Gasteiger partial charge in [-0.25, -0.2) is 4.39 Å². The van der Waals surface area contributed by atoms with Crippen molar-refractivity contribution >= 4 is 18.7 Å². The molecule has 2 N–H and O–H groups in total. The fraction of sp³-hybridized carbons (Fsp3) is 0.500. The van der Waals surface area contributed by atoms with Crippen LogP contribution in [0, 0.1) is 5.82 Å². The molecular formula is C14H17ClF4N2O2. The summed E-state index contributed by atoms with van der Waals surface area (Å²) in [4.78, 5) is 12.3. The Hall–Kier alpha value is -1.38. The summed E-state index contributed by atoms with van der Waals surface area (Å²) >= 11 is 0. The highest BCUT2D eigenvalue weighted by Gasteiger charge is 2.32. The van der Waals surface area contributed by atoms with E-state index in [4.69, 9.17) is 10.5 Å². The lowest BCUT2D eigenvalue weighted by atomic mass is 10.1. The van der Waals surface area contributed by atoms with E-state index >= 15 is 0 Å². The minimum absolute atomic E-state index is 0. The van der Waals surface area contributed by atoms with Gasteiger partial charge in [-0.15, -0.1) is 12.4 Å². The molecule has 1 aliphatic rings. The normalized spacial score (nSPS) is 18.1. The van der Waals surface area contributed by atoms with Crippen molar-refractivity contribution in [2.24, 2.45) is 5.73 Å². The monoisotopic (exact) mass is 356 g/mol. The maximum Gasteiger partial charge on any atom is 0.416 e. The van der Waals surface area contributed by atoms with E-state index < -0.39 is 35.6 Å². The minimum Gasteiger partial charge on any atom is -0.487 e. The molecule has 1 aromatic rings. The minimum atomic E-state index is -4.55. The van der Waals surface area contributed by atoms with E-state index in [0.29, 0.717) is 44.4 Å². The van der Waals surface area contributed by atoms with Gasteiger partial charge in [0.05, 0.1) is 5.56 Å². The lowest BCUT2D eigenvalue weighted by Gasteiger charge is -2.33. The largest absolute Gasteiger partial charge is 0.487 e. The van der Waals surface area contributed by atoms with Crippen LogP contribution in [0.4, 0.5) is 17.6 Å². The molecule has 0 aromatic heterocycles. The van der Waals surface area contributed by atoms with Gasteiger partial charge in [0.25, 0.3) is 0 Å². The van der Waals surface area contributed by atoms with Crippen LogP contribution in [0.1, 0.15) is 18.4 Å². The molecular weight excluding hydrogens is 340 g/mol. The summed E-state index contributed by atoms with van der Waals surface area (Å²) in [5.74, 6) is -1.24.